The largest absolute Gasteiger partial charge is 0.377 e. The molecule has 1 fully saturated rings. The van der Waals surface area contributed by atoms with Gasteiger partial charge in [-0.15, -0.1) is 0 Å². The van der Waals surface area contributed by atoms with Crippen LogP contribution in [0.3, 0.4) is 0 Å². The number of likely N-dealkylation sites (N-methyl/N-ethyl adjacent to an activating group) is 1. The van der Waals surface area contributed by atoms with E-state index in [9.17, 15) is 9.59 Å². The number of hydrogen-bond acceptors (Lipinski definition) is 4. The second kappa shape index (κ2) is 7.04. The van der Waals surface area contributed by atoms with Gasteiger partial charge in [-0.3, -0.25) is 9.59 Å². The average molecular weight is 285 g/mol. The summed E-state index contributed by atoms with van der Waals surface area (Å²) < 4.78 is 5.36. The Kier molecular flexibility index (Phi) is 5.95. The zero-order chi connectivity index (χ0) is 15.3. The molecule has 1 heterocycles. The van der Waals surface area contributed by atoms with Crippen LogP contribution in [0.15, 0.2) is 0 Å². The highest BCUT2D eigenvalue weighted by molar-refractivity contribution is 5.92. The normalized spacial score (nSPS) is 20.1. The monoisotopic (exact) mass is 285 g/mol. The van der Waals surface area contributed by atoms with Crippen LogP contribution >= 0.6 is 0 Å². The van der Waals surface area contributed by atoms with Gasteiger partial charge in [-0.25, -0.2) is 0 Å². The highest BCUT2D eigenvalue weighted by Gasteiger charge is 2.39. The van der Waals surface area contributed by atoms with Crippen LogP contribution in [0.5, 0.6) is 0 Å². The Hall–Kier alpha value is -1.14. The van der Waals surface area contributed by atoms with Crippen molar-refractivity contribution in [1.29, 1.82) is 0 Å². The third-order valence-electron chi connectivity index (χ3n) is 3.28. The first kappa shape index (κ1) is 16.9. The van der Waals surface area contributed by atoms with Gasteiger partial charge in [-0.05, 0) is 34.2 Å². The molecule has 2 N–H and O–H groups in total. The molecule has 1 aliphatic heterocycles. The van der Waals surface area contributed by atoms with E-state index in [1.807, 2.05) is 34.6 Å². The fraction of sp³-hybridized carbons (Fsp3) is 0.857. The molecule has 1 saturated heterocycles. The van der Waals surface area contributed by atoms with Crippen LogP contribution in [-0.4, -0.2) is 60.6 Å². The van der Waals surface area contributed by atoms with Gasteiger partial charge >= 0.3 is 0 Å². The molecule has 20 heavy (non-hydrogen) atoms. The Morgan fingerprint density at radius 2 is 2.05 bits per heavy atom. The van der Waals surface area contributed by atoms with Crippen molar-refractivity contribution >= 4 is 11.8 Å². The molecule has 0 aliphatic carbocycles. The molecule has 0 aromatic carbocycles. The number of carbonyl (C=O) groups is 2. The van der Waals surface area contributed by atoms with E-state index in [0.717, 1.165) is 0 Å². The topological polar surface area (TPSA) is 70.7 Å². The van der Waals surface area contributed by atoms with Crippen molar-refractivity contribution in [1.82, 2.24) is 15.5 Å². The summed E-state index contributed by atoms with van der Waals surface area (Å²) in [5.74, 6) is -0.216. The molecule has 1 rings (SSSR count). The maximum atomic E-state index is 12.6. The van der Waals surface area contributed by atoms with E-state index in [-0.39, 0.29) is 24.5 Å². The van der Waals surface area contributed by atoms with E-state index < -0.39 is 11.6 Å². The van der Waals surface area contributed by atoms with Crippen molar-refractivity contribution in [3.8, 4) is 0 Å². The second-order valence-corrected chi connectivity index (χ2v) is 5.91. The predicted octanol–water partition coefficient (Wildman–Crippen LogP) is 0.127. The minimum atomic E-state index is -0.678. The van der Waals surface area contributed by atoms with Crippen molar-refractivity contribution in [2.24, 2.45) is 0 Å². The molecular weight excluding hydrogens is 258 g/mol. The first-order valence-electron chi connectivity index (χ1n) is 7.23. The lowest BCUT2D eigenvalue weighted by Crippen LogP contribution is -2.63. The zero-order valence-electron chi connectivity index (χ0n) is 13.2. The molecule has 1 aliphatic rings. The van der Waals surface area contributed by atoms with Crippen LogP contribution in [0.1, 0.15) is 34.6 Å². The van der Waals surface area contributed by atoms with Gasteiger partial charge in [-0.2, -0.15) is 0 Å². The third-order valence-corrected chi connectivity index (χ3v) is 3.28. The molecule has 0 aromatic rings. The van der Waals surface area contributed by atoms with E-state index in [1.165, 1.54) is 0 Å². The fourth-order valence-electron chi connectivity index (χ4n) is 2.32. The minimum absolute atomic E-state index is 0.0446. The molecule has 6 nitrogen and oxygen atoms in total. The summed E-state index contributed by atoms with van der Waals surface area (Å²) in [6, 6.07) is -0.500. The average Bonchev–Trinajstić information content (AvgIpc) is 2.37. The summed E-state index contributed by atoms with van der Waals surface area (Å²) in [5.41, 5.74) is -0.678. The Balaban J connectivity index is 2.83. The molecule has 0 saturated carbocycles. The number of nitrogens with one attached hydrogen (secondary N) is 2. The summed E-state index contributed by atoms with van der Waals surface area (Å²) in [5, 5.41) is 6.00. The van der Waals surface area contributed by atoms with Crippen molar-refractivity contribution in [2.75, 3.05) is 26.3 Å². The van der Waals surface area contributed by atoms with Crippen LogP contribution < -0.4 is 10.6 Å². The van der Waals surface area contributed by atoms with Crippen molar-refractivity contribution in [2.45, 2.75) is 52.2 Å². The smallest absolute Gasteiger partial charge is 0.245 e. The number of nitrogens with zero attached hydrogens (tertiary/aromatic N) is 1. The second-order valence-electron chi connectivity index (χ2n) is 5.91. The number of amides is 2. The summed E-state index contributed by atoms with van der Waals surface area (Å²) in [6.45, 7) is 11.3. The van der Waals surface area contributed by atoms with Gasteiger partial charge in [0.15, 0.2) is 0 Å². The summed E-state index contributed by atoms with van der Waals surface area (Å²) in [7, 11) is 0. The van der Waals surface area contributed by atoms with E-state index in [1.54, 1.807) is 4.90 Å². The van der Waals surface area contributed by atoms with Gasteiger partial charge in [-0.1, -0.05) is 6.92 Å². The predicted molar refractivity (Wildman–Crippen MR) is 77.4 cm³/mol. The van der Waals surface area contributed by atoms with Crippen LogP contribution in [0, 0.1) is 0 Å². The first-order chi connectivity index (χ1) is 9.29. The third kappa shape index (κ3) is 4.18. The summed E-state index contributed by atoms with van der Waals surface area (Å²) >= 11 is 0. The highest BCUT2D eigenvalue weighted by atomic mass is 16.5. The Morgan fingerprint density at radius 1 is 1.40 bits per heavy atom. The van der Waals surface area contributed by atoms with Gasteiger partial charge < -0.3 is 20.3 Å². The lowest BCUT2D eigenvalue weighted by atomic mass is 10.0. The maximum absolute atomic E-state index is 12.6. The van der Waals surface area contributed by atoms with E-state index >= 15 is 0 Å². The van der Waals surface area contributed by atoms with Gasteiger partial charge in [0.05, 0.1) is 18.8 Å². The maximum Gasteiger partial charge on any atom is 0.245 e. The van der Waals surface area contributed by atoms with Crippen molar-refractivity contribution in [3.63, 3.8) is 0 Å². The number of hydrogen-bond donors (Lipinski definition) is 2. The van der Waals surface area contributed by atoms with Gasteiger partial charge in [0.25, 0.3) is 0 Å². The Morgan fingerprint density at radius 3 is 2.60 bits per heavy atom. The van der Waals surface area contributed by atoms with E-state index in [4.69, 9.17) is 4.74 Å². The van der Waals surface area contributed by atoms with Crippen molar-refractivity contribution < 1.29 is 14.3 Å². The molecule has 0 radical (unpaired) electrons. The number of rotatable bonds is 5. The van der Waals surface area contributed by atoms with E-state index in [2.05, 4.69) is 10.6 Å². The first-order valence-corrected chi connectivity index (χ1v) is 7.23. The molecule has 2 amide bonds. The van der Waals surface area contributed by atoms with Crippen LogP contribution in [-0.2, 0) is 14.3 Å². The molecule has 0 spiro atoms. The molecule has 1 unspecified atom stereocenters. The molecule has 1 atom stereocenters. The Bertz CT molecular complexity index is 356. The summed E-state index contributed by atoms with van der Waals surface area (Å²) in [4.78, 5) is 26.5. The molecule has 6 heteroatoms. The lowest BCUT2D eigenvalue weighted by molar-refractivity contribution is -0.152. The Labute approximate surface area is 121 Å². The van der Waals surface area contributed by atoms with Gasteiger partial charge in [0.1, 0.15) is 6.04 Å². The number of ether oxygens (including phenoxy) is 1. The molecule has 116 valence electrons. The quantitative estimate of drug-likeness (QED) is 0.753. The zero-order valence-corrected chi connectivity index (χ0v) is 13.2. The molecular formula is C14H27N3O3. The number of morpholine rings is 1. The van der Waals surface area contributed by atoms with Gasteiger partial charge in [0.2, 0.25) is 11.8 Å². The standard InChI is InChI=1S/C14H27N3O3/c1-6-15-14(4,5)13(19)17-7-8-20-9-11(17)12(18)16-10(2)3/h10-11,15H,6-9H2,1-5H3,(H,16,18). The highest BCUT2D eigenvalue weighted by Crippen LogP contribution is 2.15. The summed E-state index contributed by atoms with van der Waals surface area (Å²) in [6.07, 6.45) is 0. The lowest BCUT2D eigenvalue weighted by Gasteiger charge is -2.39. The van der Waals surface area contributed by atoms with E-state index in [0.29, 0.717) is 19.7 Å². The van der Waals surface area contributed by atoms with Crippen LogP contribution in [0.4, 0.5) is 0 Å². The SMILES string of the molecule is CCNC(C)(C)C(=O)N1CCOCC1C(=O)NC(C)C. The van der Waals surface area contributed by atoms with Crippen LogP contribution in [0.2, 0.25) is 0 Å². The number of carbonyl (C=O) groups excluding carboxylic acids is 2. The molecule has 0 aromatic heterocycles. The van der Waals surface area contributed by atoms with Gasteiger partial charge in [0, 0.05) is 12.6 Å². The fourth-order valence-corrected chi connectivity index (χ4v) is 2.32. The van der Waals surface area contributed by atoms with Crippen molar-refractivity contribution in [3.05, 3.63) is 0 Å². The molecule has 0 bridgehead atoms. The minimum Gasteiger partial charge on any atom is -0.377 e. The van der Waals surface area contributed by atoms with Crippen LogP contribution in [0.25, 0.3) is 0 Å².